The number of phenols is 1. The highest BCUT2D eigenvalue weighted by atomic mass is 19.1. The van der Waals surface area contributed by atoms with Gasteiger partial charge in [-0.2, -0.15) is 5.10 Å². The van der Waals surface area contributed by atoms with Crippen LogP contribution in [0.5, 0.6) is 5.75 Å². The van der Waals surface area contributed by atoms with Gasteiger partial charge in [0, 0.05) is 70.6 Å². The van der Waals surface area contributed by atoms with Gasteiger partial charge >= 0.3 is 12.0 Å². The fourth-order valence-electron chi connectivity index (χ4n) is 7.89. The number of phenolic OH excluding ortho intramolecular Hbond substituents is 1. The minimum Gasteiger partial charge on any atom is -0.505 e. The summed E-state index contributed by atoms with van der Waals surface area (Å²) in [5.41, 5.74) is 1.19. The van der Waals surface area contributed by atoms with Crippen LogP contribution in [0, 0.1) is 11.6 Å². The lowest BCUT2D eigenvalue weighted by Crippen LogP contribution is -2.25. The van der Waals surface area contributed by atoms with Crippen LogP contribution in [0.15, 0.2) is 124 Å². The van der Waals surface area contributed by atoms with E-state index in [0.29, 0.717) is 36.5 Å². The summed E-state index contributed by atoms with van der Waals surface area (Å²) in [4.78, 5) is 64.1. The van der Waals surface area contributed by atoms with Gasteiger partial charge in [-0.25, -0.2) is 23.1 Å². The smallest absolute Gasteiger partial charge is 0.336 e. The minimum absolute atomic E-state index is 0.00221. The van der Waals surface area contributed by atoms with Gasteiger partial charge < -0.3 is 30.6 Å². The number of carboxylic acids is 1. The third-order valence-electron chi connectivity index (χ3n) is 11.4. The Hall–Kier alpha value is -8.40. The van der Waals surface area contributed by atoms with Gasteiger partial charge in [0.05, 0.1) is 22.6 Å². The van der Waals surface area contributed by atoms with E-state index in [2.05, 4.69) is 21.3 Å². The molecule has 0 saturated heterocycles. The van der Waals surface area contributed by atoms with Crippen LogP contribution in [0.3, 0.4) is 0 Å². The van der Waals surface area contributed by atoms with Crippen molar-refractivity contribution in [3.05, 3.63) is 160 Å². The number of carbonyl (C=O) groups excluding carboxylic acids is 3. The molecule has 0 radical (unpaired) electrons. The van der Waals surface area contributed by atoms with Gasteiger partial charge in [-0.1, -0.05) is 81.8 Å². The first-order chi connectivity index (χ1) is 32.5. The first kappa shape index (κ1) is 46.1. The zero-order chi connectivity index (χ0) is 48.3. The van der Waals surface area contributed by atoms with Gasteiger partial charge in [0.1, 0.15) is 17.2 Å². The van der Waals surface area contributed by atoms with Crippen molar-refractivity contribution in [1.82, 2.24) is 20.4 Å². The van der Waals surface area contributed by atoms with Crippen LogP contribution in [0.1, 0.15) is 78.4 Å². The van der Waals surface area contributed by atoms with Crippen LogP contribution >= 0.6 is 0 Å². The molecule has 1 aliphatic carbocycles. The molecule has 14 nitrogen and oxygen atoms in total. The predicted molar refractivity (Wildman–Crippen MR) is 255 cm³/mol. The van der Waals surface area contributed by atoms with Crippen molar-refractivity contribution < 1.29 is 42.6 Å². The second-order valence-electron chi connectivity index (χ2n) is 17.3. The number of urea groups is 1. The number of aromatic carboxylic acids is 1. The van der Waals surface area contributed by atoms with Crippen molar-refractivity contribution in [3.63, 3.8) is 0 Å². The normalized spacial score (nSPS) is 11.5. The molecule has 0 saturated carbocycles. The Balaban J connectivity index is 0.852. The van der Waals surface area contributed by atoms with Crippen molar-refractivity contribution in [2.45, 2.75) is 58.4 Å². The molecule has 0 bridgehead atoms. The molecule has 6 N–H and O–H groups in total. The van der Waals surface area contributed by atoms with Crippen molar-refractivity contribution in [2.75, 3.05) is 17.2 Å². The maximum absolute atomic E-state index is 14.6. The molecule has 2 heterocycles. The van der Waals surface area contributed by atoms with Crippen molar-refractivity contribution in [1.29, 1.82) is 0 Å². The van der Waals surface area contributed by atoms with Crippen LogP contribution in [-0.4, -0.2) is 50.4 Å². The molecular formula is C52H46F2N6O8. The van der Waals surface area contributed by atoms with Crippen molar-refractivity contribution in [3.8, 4) is 33.9 Å². The van der Waals surface area contributed by atoms with Crippen LogP contribution in [0.25, 0.3) is 49.9 Å². The number of aromatic hydroxyl groups is 1. The highest BCUT2D eigenvalue weighted by molar-refractivity contribution is 6.09. The molecule has 5 aromatic carbocycles. The van der Waals surface area contributed by atoms with Gasteiger partial charge in [0.15, 0.2) is 17.4 Å². The first-order valence-corrected chi connectivity index (χ1v) is 21.8. The van der Waals surface area contributed by atoms with Crippen molar-refractivity contribution >= 4 is 57.1 Å². The molecule has 16 heteroatoms. The summed E-state index contributed by atoms with van der Waals surface area (Å²) >= 11 is 0. The number of hydrogen-bond donors (Lipinski definition) is 6. The SMILES string of the molecule is CC(C)(C)c1cc(NC(=O)Nc2cccc3ccccc23)n(-c2cccc(CNC(=O)CCCCCNC(=O)c3ccc(-c4c5cc(F)c(=O)cc-5oc5cc(O)c(F)cc45)c(C(=O)O)c3)c2)n1. The van der Waals surface area contributed by atoms with E-state index < -0.39 is 40.7 Å². The summed E-state index contributed by atoms with van der Waals surface area (Å²) in [5, 5.41) is 38.6. The number of halogens is 2. The predicted octanol–water partition coefficient (Wildman–Crippen LogP) is 10.1. The van der Waals surface area contributed by atoms with E-state index in [-0.39, 0.29) is 75.4 Å². The molecule has 0 unspecified atom stereocenters. The lowest BCUT2D eigenvalue weighted by molar-refractivity contribution is -0.121. The van der Waals surface area contributed by atoms with Crippen molar-refractivity contribution in [2.24, 2.45) is 0 Å². The van der Waals surface area contributed by atoms with E-state index in [4.69, 9.17) is 9.52 Å². The highest BCUT2D eigenvalue weighted by Crippen LogP contribution is 2.43. The second-order valence-corrected chi connectivity index (χ2v) is 17.3. The van der Waals surface area contributed by atoms with Gasteiger partial charge in [0.2, 0.25) is 11.3 Å². The van der Waals surface area contributed by atoms with E-state index in [1.807, 2.05) is 93.6 Å². The largest absolute Gasteiger partial charge is 0.505 e. The van der Waals surface area contributed by atoms with E-state index in [1.165, 1.54) is 12.1 Å². The Morgan fingerprint density at radius 3 is 2.34 bits per heavy atom. The van der Waals surface area contributed by atoms with Crippen LogP contribution in [0.2, 0.25) is 0 Å². The van der Waals surface area contributed by atoms with Gasteiger partial charge in [0.25, 0.3) is 5.91 Å². The average molecular weight is 921 g/mol. The highest BCUT2D eigenvalue weighted by Gasteiger charge is 2.26. The van der Waals surface area contributed by atoms with Crippen LogP contribution in [-0.2, 0) is 16.8 Å². The molecule has 6 aromatic rings. The Labute approximate surface area is 388 Å². The average Bonchev–Trinajstić information content (AvgIpc) is 3.74. The number of anilines is 2. The summed E-state index contributed by atoms with van der Waals surface area (Å²) in [6.07, 6.45) is 1.91. The van der Waals surface area contributed by atoms with Gasteiger partial charge in [-0.05, 0) is 71.8 Å². The zero-order valence-corrected chi connectivity index (χ0v) is 37.2. The second kappa shape index (κ2) is 19.2. The number of rotatable bonds is 14. The lowest BCUT2D eigenvalue weighted by atomic mass is 9.89. The summed E-state index contributed by atoms with van der Waals surface area (Å²) in [7, 11) is 0. The third kappa shape index (κ3) is 10.0. The zero-order valence-electron chi connectivity index (χ0n) is 37.2. The first-order valence-electron chi connectivity index (χ1n) is 21.8. The Kier molecular flexibility index (Phi) is 13.0. The molecule has 4 amide bonds. The van der Waals surface area contributed by atoms with Crippen LogP contribution in [0.4, 0.5) is 25.1 Å². The van der Waals surface area contributed by atoms with Gasteiger partial charge in [-0.3, -0.25) is 19.7 Å². The molecule has 1 aliphatic heterocycles. The topological polar surface area (TPSA) is 205 Å². The maximum atomic E-state index is 14.6. The number of amides is 4. The molecule has 0 fully saturated rings. The summed E-state index contributed by atoms with van der Waals surface area (Å²) in [6.45, 7) is 6.59. The standard InChI is InChI=1S/C52H46F2N6O8/c1-52(2,3)45-27-46(58-51(67)57-40-16-10-13-30-12-6-7-15-33(30)40)60(59-45)32-14-9-11-29(21-32)28-56-47(63)17-5-4-8-20-55-49(64)31-18-19-34(35(22-31)50(65)66)48-36-23-38(53)41(61)25-43(36)68-44-26-42(62)39(54)24-37(44)48/h6-7,9-16,18-19,21-27,61H,4-5,8,17,20,28H2,1-3H3,(H,55,64)(H,56,63)(H,65,66)(H2,57,58,67). The lowest BCUT2D eigenvalue weighted by Gasteiger charge is -2.17. The summed E-state index contributed by atoms with van der Waals surface area (Å²) in [6, 6.07) is 29.9. The number of unbranched alkanes of at least 4 members (excludes halogenated alkanes) is 2. The number of aromatic nitrogens is 2. The van der Waals surface area contributed by atoms with E-state index >= 15 is 0 Å². The molecule has 1 aromatic heterocycles. The number of hydrogen-bond acceptors (Lipinski definition) is 8. The number of carboxylic acid groups (broad SMARTS) is 1. The van der Waals surface area contributed by atoms with E-state index in [0.717, 1.165) is 52.4 Å². The molecule has 346 valence electrons. The fraction of sp³-hybridized carbons (Fsp3) is 0.192. The molecule has 68 heavy (non-hydrogen) atoms. The fourth-order valence-corrected chi connectivity index (χ4v) is 7.89. The number of nitrogens with one attached hydrogen (secondary N) is 4. The molecule has 0 atom stereocenters. The Morgan fingerprint density at radius 1 is 0.765 bits per heavy atom. The van der Waals surface area contributed by atoms with E-state index in [9.17, 15) is 43.0 Å². The molecule has 0 spiro atoms. The molecular weight excluding hydrogens is 875 g/mol. The Morgan fingerprint density at radius 2 is 1.54 bits per heavy atom. The Bertz CT molecular complexity index is 3300. The third-order valence-corrected chi connectivity index (χ3v) is 11.4. The van der Waals surface area contributed by atoms with Gasteiger partial charge in [-0.15, -0.1) is 0 Å². The quantitative estimate of drug-likeness (QED) is 0.0453. The minimum atomic E-state index is -1.43. The van der Waals surface area contributed by atoms with E-state index in [1.54, 1.807) is 4.68 Å². The number of nitrogens with zero attached hydrogens (tertiary/aromatic N) is 2. The molecule has 2 aliphatic rings. The maximum Gasteiger partial charge on any atom is 0.336 e. The monoisotopic (exact) mass is 920 g/mol. The number of benzene rings is 6. The summed E-state index contributed by atoms with van der Waals surface area (Å²) in [5.74, 6) is -4.76. The summed E-state index contributed by atoms with van der Waals surface area (Å²) < 4.78 is 36.5. The van der Waals surface area contributed by atoms with Crippen LogP contribution < -0.4 is 26.7 Å². The molecule has 8 rings (SSSR count). The number of fused-ring (bicyclic) bond motifs is 3. The number of carbonyl (C=O) groups is 4.